The van der Waals surface area contributed by atoms with Gasteiger partial charge in [-0.2, -0.15) is 0 Å². The summed E-state index contributed by atoms with van der Waals surface area (Å²) < 4.78 is 0. The van der Waals surface area contributed by atoms with Gasteiger partial charge in [-0.05, 0) is 38.1 Å². The molecule has 2 fully saturated rings. The first-order valence-electron chi connectivity index (χ1n) is 8.30. The third-order valence-electron chi connectivity index (χ3n) is 4.92. The van der Waals surface area contributed by atoms with Gasteiger partial charge in [0, 0.05) is 25.2 Å². The zero-order valence-electron chi connectivity index (χ0n) is 12.5. The van der Waals surface area contributed by atoms with Gasteiger partial charge in [0.2, 0.25) is 0 Å². The molecule has 0 amide bonds. The second-order valence-corrected chi connectivity index (χ2v) is 6.41. The summed E-state index contributed by atoms with van der Waals surface area (Å²) >= 11 is 0. The van der Waals surface area contributed by atoms with E-state index in [1.54, 1.807) is 0 Å². The smallest absolute Gasteiger partial charge is 0.0198 e. The predicted molar refractivity (Wildman–Crippen MR) is 78.9 cm³/mol. The highest BCUT2D eigenvalue weighted by molar-refractivity contribution is 4.87. The molecule has 0 aromatic rings. The average Bonchev–Trinajstić information content (AvgIpc) is 2.45. The molecule has 2 atom stereocenters. The molecule has 1 heterocycles. The summed E-state index contributed by atoms with van der Waals surface area (Å²) in [5.74, 6) is 0.926. The predicted octanol–water partition coefficient (Wildman–Crippen LogP) is 3.42. The number of hydrogen-bond acceptors (Lipinski definition) is 2. The molecule has 2 nitrogen and oxygen atoms in total. The van der Waals surface area contributed by atoms with Gasteiger partial charge in [-0.15, -0.1) is 0 Å². The van der Waals surface area contributed by atoms with Gasteiger partial charge in [0.05, 0.1) is 0 Å². The maximum Gasteiger partial charge on any atom is 0.0198 e. The fourth-order valence-electron chi connectivity index (χ4n) is 3.78. The summed E-state index contributed by atoms with van der Waals surface area (Å²) in [7, 11) is 0. The second-order valence-electron chi connectivity index (χ2n) is 6.41. The molecule has 1 aliphatic heterocycles. The molecule has 1 saturated carbocycles. The third-order valence-corrected chi connectivity index (χ3v) is 4.92. The molecule has 2 heteroatoms. The summed E-state index contributed by atoms with van der Waals surface area (Å²) in [5.41, 5.74) is 0. The van der Waals surface area contributed by atoms with Gasteiger partial charge in [0.15, 0.2) is 0 Å². The van der Waals surface area contributed by atoms with Gasteiger partial charge < -0.3 is 5.32 Å². The van der Waals surface area contributed by atoms with E-state index in [9.17, 15) is 0 Å². The van der Waals surface area contributed by atoms with Crippen LogP contribution in [0.4, 0.5) is 0 Å². The topological polar surface area (TPSA) is 15.3 Å². The molecule has 1 aliphatic carbocycles. The van der Waals surface area contributed by atoms with E-state index in [4.69, 9.17) is 0 Å². The van der Waals surface area contributed by atoms with Crippen molar-refractivity contribution >= 4 is 0 Å². The lowest BCUT2D eigenvalue weighted by atomic mass is 9.87. The third kappa shape index (κ3) is 3.96. The van der Waals surface area contributed by atoms with Crippen molar-refractivity contribution in [2.75, 3.05) is 19.6 Å². The molecule has 0 bridgehead atoms. The van der Waals surface area contributed by atoms with E-state index in [0.717, 1.165) is 18.0 Å². The molecule has 0 aromatic carbocycles. The Bertz CT molecular complexity index is 223. The minimum Gasteiger partial charge on any atom is -0.313 e. The van der Waals surface area contributed by atoms with Crippen LogP contribution in [0.2, 0.25) is 0 Å². The number of likely N-dealkylation sites (tertiary alicyclic amines) is 1. The van der Waals surface area contributed by atoms with Gasteiger partial charge in [-0.1, -0.05) is 39.5 Å². The first kappa shape index (κ1) is 14.3. The van der Waals surface area contributed by atoms with Crippen LogP contribution in [0.25, 0.3) is 0 Å². The van der Waals surface area contributed by atoms with Gasteiger partial charge in [0.1, 0.15) is 0 Å². The first-order valence-corrected chi connectivity index (χ1v) is 8.30. The van der Waals surface area contributed by atoms with Crippen LogP contribution in [0.15, 0.2) is 0 Å². The molecule has 1 N–H and O–H groups in total. The molecule has 0 spiro atoms. The van der Waals surface area contributed by atoms with Crippen molar-refractivity contribution in [3.05, 3.63) is 0 Å². The highest BCUT2D eigenvalue weighted by atomic mass is 15.2. The Morgan fingerprint density at radius 1 is 1.06 bits per heavy atom. The van der Waals surface area contributed by atoms with Gasteiger partial charge >= 0.3 is 0 Å². The molecule has 2 rings (SSSR count). The van der Waals surface area contributed by atoms with Crippen LogP contribution in [0.1, 0.15) is 65.2 Å². The van der Waals surface area contributed by atoms with Gasteiger partial charge in [-0.25, -0.2) is 0 Å². The minimum atomic E-state index is 0.755. The number of nitrogens with one attached hydrogen (secondary N) is 1. The molecule has 2 unspecified atom stereocenters. The summed E-state index contributed by atoms with van der Waals surface area (Å²) in [4.78, 5) is 2.82. The van der Waals surface area contributed by atoms with E-state index in [1.165, 1.54) is 71.0 Å². The number of piperidine rings is 1. The van der Waals surface area contributed by atoms with Crippen molar-refractivity contribution in [3.63, 3.8) is 0 Å². The van der Waals surface area contributed by atoms with Crippen LogP contribution in [-0.4, -0.2) is 36.6 Å². The number of hydrogen-bond donors (Lipinski definition) is 1. The zero-order chi connectivity index (χ0) is 12.8. The fraction of sp³-hybridized carbons (Fsp3) is 1.00. The average molecular weight is 252 g/mol. The Balaban J connectivity index is 1.87. The largest absolute Gasteiger partial charge is 0.313 e. The van der Waals surface area contributed by atoms with Crippen molar-refractivity contribution in [2.45, 2.75) is 77.3 Å². The summed E-state index contributed by atoms with van der Waals surface area (Å²) in [5, 5.41) is 3.76. The molecule has 0 aromatic heterocycles. The van der Waals surface area contributed by atoms with Gasteiger partial charge in [0.25, 0.3) is 0 Å². The molecular formula is C16H32N2. The monoisotopic (exact) mass is 252 g/mol. The molecule has 2 aliphatic rings. The lowest BCUT2D eigenvalue weighted by Gasteiger charge is -2.43. The van der Waals surface area contributed by atoms with Crippen LogP contribution in [-0.2, 0) is 0 Å². The summed E-state index contributed by atoms with van der Waals surface area (Å²) in [6.45, 7) is 8.50. The van der Waals surface area contributed by atoms with Crippen molar-refractivity contribution in [2.24, 2.45) is 5.92 Å². The van der Waals surface area contributed by atoms with E-state index < -0.39 is 0 Å². The van der Waals surface area contributed by atoms with Crippen LogP contribution >= 0.6 is 0 Å². The highest BCUT2D eigenvalue weighted by Crippen LogP contribution is 2.28. The van der Waals surface area contributed by atoms with Crippen LogP contribution in [0.5, 0.6) is 0 Å². The maximum atomic E-state index is 3.76. The Morgan fingerprint density at radius 2 is 1.83 bits per heavy atom. The Hall–Kier alpha value is -0.0800. The van der Waals surface area contributed by atoms with Crippen LogP contribution < -0.4 is 5.32 Å². The van der Waals surface area contributed by atoms with Crippen molar-refractivity contribution in [3.8, 4) is 0 Å². The second kappa shape index (κ2) is 7.49. The molecular weight excluding hydrogens is 220 g/mol. The van der Waals surface area contributed by atoms with E-state index in [2.05, 4.69) is 24.1 Å². The first-order chi connectivity index (χ1) is 8.83. The summed E-state index contributed by atoms with van der Waals surface area (Å²) in [6, 6.07) is 1.66. The van der Waals surface area contributed by atoms with Crippen molar-refractivity contribution in [1.29, 1.82) is 0 Å². The Kier molecular flexibility index (Phi) is 5.97. The quantitative estimate of drug-likeness (QED) is 0.806. The Morgan fingerprint density at radius 3 is 2.50 bits per heavy atom. The zero-order valence-corrected chi connectivity index (χ0v) is 12.5. The van der Waals surface area contributed by atoms with E-state index in [0.29, 0.717) is 0 Å². The lowest BCUT2D eigenvalue weighted by Crippen LogP contribution is -2.53. The van der Waals surface area contributed by atoms with Crippen molar-refractivity contribution < 1.29 is 0 Å². The molecule has 106 valence electrons. The van der Waals surface area contributed by atoms with E-state index in [1.807, 2.05) is 0 Å². The van der Waals surface area contributed by atoms with E-state index in [-0.39, 0.29) is 0 Å². The molecule has 18 heavy (non-hydrogen) atoms. The van der Waals surface area contributed by atoms with Crippen LogP contribution in [0, 0.1) is 5.92 Å². The lowest BCUT2D eigenvalue weighted by molar-refractivity contribution is 0.0763. The van der Waals surface area contributed by atoms with E-state index >= 15 is 0 Å². The fourth-order valence-corrected chi connectivity index (χ4v) is 3.78. The standard InChI is InChI=1S/C16H32N2/c1-3-10-17-15-11-14(4-2)12-18(13-15)16-8-6-5-7-9-16/h14-17H,3-13H2,1-2H3. The molecule has 0 radical (unpaired) electrons. The number of rotatable bonds is 5. The van der Waals surface area contributed by atoms with Crippen molar-refractivity contribution in [1.82, 2.24) is 10.2 Å². The normalized spacial score (nSPS) is 31.7. The number of nitrogens with zero attached hydrogens (tertiary/aromatic N) is 1. The highest BCUT2D eigenvalue weighted by Gasteiger charge is 2.30. The maximum absolute atomic E-state index is 3.76. The van der Waals surface area contributed by atoms with Crippen LogP contribution in [0.3, 0.4) is 0 Å². The SMILES string of the molecule is CCCNC1CC(CC)CN(C2CCCCC2)C1. The summed E-state index contributed by atoms with van der Waals surface area (Å²) in [6.07, 6.45) is 11.3. The Labute approximate surface area is 114 Å². The van der Waals surface area contributed by atoms with Gasteiger partial charge in [-0.3, -0.25) is 4.90 Å². The molecule has 1 saturated heterocycles. The minimum absolute atomic E-state index is 0.755.